The Kier molecular flexibility index (Phi) is 4.28. The molecule has 0 unspecified atom stereocenters. The van der Waals surface area contributed by atoms with Crippen molar-refractivity contribution in [2.45, 2.75) is 19.5 Å². The van der Waals surface area contributed by atoms with Crippen LogP contribution in [-0.4, -0.2) is 10.9 Å². The average Bonchev–Trinajstić information content (AvgIpc) is 2.90. The molecule has 1 aromatic carbocycles. The Labute approximate surface area is 140 Å². The van der Waals surface area contributed by atoms with Gasteiger partial charge in [0.1, 0.15) is 10.5 Å². The van der Waals surface area contributed by atoms with E-state index in [9.17, 15) is 18.0 Å². The minimum Gasteiger partial charge on any atom is -0.324 e. The van der Waals surface area contributed by atoms with Gasteiger partial charge in [0.2, 0.25) is 5.91 Å². The Morgan fingerprint density at radius 2 is 1.96 bits per heavy atom. The van der Waals surface area contributed by atoms with Gasteiger partial charge in [0, 0.05) is 10.8 Å². The lowest BCUT2D eigenvalue weighted by atomic mass is 10.1. The summed E-state index contributed by atoms with van der Waals surface area (Å²) in [5.41, 5.74) is 0.874. The molecule has 0 atom stereocenters. The molecule has 2 heterocycles. The second-order valence-electron chi connectivity index (χ2n) is 5.36. The minimum atomic E-state index is -4.49. The summed E-state index contributed by atoms with van der Waals surface area (Å²) in [7, 11) is 0. The summed E-state index contributed by atoms with van der Waals surface area (Å²) in [5, 5.41) is 4.93. The van der Waals surface area contributed by atoms with Crippen LogP contribution in [0.1, 0.15) is 16.8 Å². The molecule has 0 fully saturated rings. The van der Waals surface area contributed by atoms with Crippen molar-refractivity contribution in [3.05, 3.63) is 58.6 Å². The second kappa shape index (κ2) is 6.24. The van der Waals surface area contributed by atoms with Crippen molar-refractivity contribution < 1.29 is 18.0 Å². The Hall–Kier alpha value is -2.41. The number of nitrogens with one attached hydrogen (secondary N) is 1. The van der Waals surface area contributed by atoms with Crippen molar-refractivity contribution in [3.63, 3.8) is 0 Å². The molecule has 3 nitrogen and oxygen atoms in total. The number of carbonyl (C=O) groups excluding carboxylic acids is 1. The summed E-state index contributed by atoms with van der Waals surface area (Å²) in [6, 6.07) is 10.2. The van der Waals surface area contributed by atoms with Crippen LogP contribution in [-0.2, 0) is 17.4 Å². The fourth-order valence-corrected chi connectivity index (χ4v) is 3.39. The fraction of sp³-hybridized carbons (Fsp3) is 0.176. The number of halogens is 3. The average molecular weight is 350 g/mol. The van der Waals surface area contributed by atoms with Crippen LogP contribution in [0.2, 0.25) is 0 Å². The first-order valence-electron chi connectivity index (χ1n) is 7.14. The number of rotatable bonds is 3. The van der Waals surface area contributed by atoms with Gasteiger partial charge in [-0.15, -0.1) is 11.3 Å². The molecule has 124 valence electrons. The van der Waals surface area contributed by atoms with Crippen molar-refractivity contribution in [2.24, 2.45) is 0 Å². The number of amides is 1. The number of benzene rings is 1. The highest BCUT2D eigenvalue weighted by molar-refractivity contribution is 7.17. The standard InChI is InChI=1S/C17H13F3N2OS/c1-10-7-13(17(18,19)20)22-16-15(10)12(9-24-16)21-14(23)8-11-5-3-2-4-6-11/h2-7,9H,8H2,1H3,(H,21,23). The number of aromatic nitrogens is 1. The molecule has 3 aromatic rings. The van der Waals surface area contributed by atoms with Crippen molar-refractivity contribution in [3.8, 4) is 0 Å². The van der Waals surface area contributed by atoms with Crippen LogP contribution in [0.15, 0.2) is 41.8 Å². The van der Waals surface area contributed by atoms with E-state index in [1.165, 1.54) is 0 Å². The predicted molar refractivity (Wildman–Crippen MR) is 88.1 cm³/mol. The predicted octanol–water partition coefficient (Wildman–Crippen LogP) is 4.80. The van der Waals surface area contributed by atoms with Crippen LogP contribution < -0.4 is 5.32 Å². The molecule has 3 rings (SSSR count). The largest absolute Gasteiger partial charge is 0.433 e. The van der Waals surface area contributed by atoms with Crippen LogP contribution >= 0.6 is 11.3 Å². The topological polar surface area (TPSA) is 42.0 Å². The van der Waals surface area contributed by atoms with Gasteiger partial charge in [0.05, 0.1) is 12.1 Å². The van der Waals surface area contributed by atoms with E-state index >= 15 is 0 Å². The molecule has 0 saturated carbocycles. The lowest BCUT2D eigenvalue weighted by Gasteiger charge is -2.09. The molecule has 24 heavy (non-hydrogen) atoms. The molecule has 0 radical (unpaired) electrons. The first-order chi connectivity index (χ1) is 11.3. The molecular weight excluding hydrogens is 337 g/mol. The molecule has 1 N–H and O–H groups in total. The van der Waals surface area contributed by atoms with E-state index < -0.39 is 11.9 Å². The summed E-state index contributed by atoms with van der Waals surface area (Å²) in [6.45, 7) is 1.58. The van der Waals surface area contributed by atoms with E-state index in [1.807, 2.05) is 30.3 Å². The zero-order valence-corrected chi connectivity index (χ0v) is 13.5. The number of pyridine rings is 1. The van der Waals surface area contributed by atoms with Crippen LogP contribution in [0.3, 0.4) is 0 Å². The van der Waals surface area contributed by atoms with Gasteiger partial charge in [-0.2, -0.15) is 13.2 Å². The van der Waals surface area contributed by atoms with E-state index in [0.717, 1.165) is 23.0 Å². The number of thiophene rings is 1. The molecule has 0 aliphatic heterocycles. The highest BCUT2D eigenvalue weighted by Crippen LogP contribution is 2.36. The minimum absolute atomic E-state index is 0.200. The Morgan fingerprint density at radius 1 is 1.25 bits per heavy atom. The maximum absolute atomic E-state index is 12.8. The number of fused-ring (bicyclic) bond motifs is 1. The molecule has 0 aliphatic carbocycles. The molecular formula is C17H13F3N2OS. The number of alkyl halides is 3. The third kappa shape index (κ3) is 3.41. The van der Waals surface area contributed by atoms with Gasteiger partial charge in [-0.1, -0.05) is 30.3 Å². The van der Waals surface area contributed by atoms with Gasteiger partial charge in [0.25, 0.3) is 0 Å². The number of carbonyl (C=O) groups is 1. The molecule has 7 heteroatoms. The first-order valence-corrected chi connectivity index (χ1v) is 8.02. The van der Waals surface area contributed by atoms with Crippen LogP contribution in [0.5, 0.6) is 0 Å². The van der Waals surface area contributed by atoms with Gasteiger partial charge in [0.15, 0.2) is 0 Å². The van der Waals surface area contributed by atoms with E-state index in [2.05, 4.69) is 10.3 Å². The maximum atomic E-state index is 12.8. The van der Waals surface area contributed by atoms with Crippen LogP contribution in [0.25, 0.3) is 10.2 Å². The Morgan fingerprint density at radius 3 is 2.62 bits per heavy atom. The molecule has 1 amide bonds. The highest BCUT2D eigenvalue weighted by atomic mass is 32.1. The van der Waals surface area contributed by atoms with Gasteiger partial charge in [-0.05, 0) is 24.1 Å². The third-order valence-electron chi connectivity index (χ3n) is 3.51. The molecule has 0 saturated heterocycles. The van der Waals surface area contributed by atoms with E-state index in [1.54, 1.807) is 12.3 Å². The van der Waals surface area contributed by atoms with E-state index in [4.69, 9.17) is 0 Å². The van der Waals surface area contributed by atoms with Gasteiger partial charge in [-0.25, -0.2) is 4.98 Å². The van der Waals surface area contributed by atoms with Crippen molar-refractivity contribution in [2.75, 3.05) is 5.32 Å². The van der Waals surface area contributed by atoms with Crippen molar-refractivity contribution in [1.29, 1.82) is 0 Å². The van der Waals surface area contributed by atoms with Gasteiger partial charge < -0.3 is 5.32 Å². The molecule has 0 aliphatic rings. The Balaban J connectivity index is 1.87. The van der Waals surface area contributed by atoms with E-state index in [-0.39, 0.29) is 17.2 Å². The Bertz CT molecular complexity index is 888. The summed E-state index contributed by atoms with van der Waals surface area (Å²) in [4.78, 5) is 16.1. The normalized spacial score (nSPS) is 11.7. The molecule has 2 aromatic heterocycles. The fourth-order valence-electron chi connectivity index (χ4n) is 2.44. The first kappa shape index (κ1) is 16.4. The van der Waals surface area contributed by atoms with Crippen LogP contribution in [0.4, 0.5) is 18.9 Å². The number of aryl methyl sites for hydroxylation is 1. The smallest absolute Gasteiger partial charge is 0.324 e. The SMILES string of the molecule is Cc1cc(C(F)(F)F)nc2scc(NC(=O)Cc3ccccc3)c12. The highest BCUT2D eigenvalue weighted by Gasteiger charge is 2.33. The summed E-state index contributed by atoms with van der Waals surface area (Å²) in [6.07, 6.45) is -4.29. The molecule has 0 spiro atoms. The quantitative estimate of drug-likeness (QED) is 0.737. The van der Waals surface area contributed by atoms with Crippen molar-refractivity contribution >= 4 is 33.1 Å². The number of anilines is 1. The molecule has 0 bridgehead atoms. The van der Waals surface area contributed by atoms with Gasteiger partial charge >= 0.3 is 6.18 Å². The summed E-state index contributed by atoms with van der Waals surface area (Å²) >= 11 is 1.08. The van der Waals surface area contributed by atoms with Gasteiger partial charge in [-0.3, -0.25) is 4.79 Å². The second-order valence-corrected chi connectivity index (χ2v) is 6.22. The monoisotopic (exact) mass is 350 g/mol. The lowest BCUT2D eigenvalue weighted by molar-refractivity contribution is -0.141. The number of hydrogen-bond donors (Lipinski definition) is 1. The van der Waals surface area contributed by atoms with Crippen molar-refractivity contribution in [1.82, 2.24) is 4.98 Å². The third-order valence-corrected chi connectivity index (χ3v) is 4.39. The summed E-state index contributed by atoms with van der Waals surface area (Å²) in [5.74, 6) is -0.222. The summed E-state index contributed by atoms with van der Waals surface area (Å²) < 4.78 is 38.5. The lowest BCUT2D eigenvalue weighted by Crippen LogP contribution is -2.14. The number of hydrogen-bond acceptors (Lipinski definition) is 3. The zero-order valence-electron chi connectivity index (χ0n) is 12.6. The van der Waals surface area contributed by atoms with Crippen LogP contribution in [0, 0.1) is 6.92 Å². The van der Waals surface area contributed by atoms with E-state index in [0.29, 0.717) is 16.6 Å². The zero-order chi connectivity index (χ0) is 17.3. The maximum Gasteiger partial charge on any atom is 0.433 e. The number of nitrogens with zero attached hydrogens (tertiary/aromatic N) is 1.